The summed E-state index contributed by atoms with van der Waals surface area (Å²) in [7, 11) is 1.86. The molecule has 6 nitrogen and oxygen atoms in total. The lowest BCUT2D eigenvalue weighted by atomic mass is 10.2. The minimum absolute atomic E-state index is 0.120. The van der Waals surface area contributed by atoms with Gasteiger partial charge in [-0.25, -0.2) is 9.97 Å². The second kappa shape index (κ2) is 7.72. The predicted octanol–water partition coefficient (Wildman–Crippen LogP) is 3.12. The van der Waals surface area contributed by atoms with Crippen molar-refractivity contribution >= 4 is 11.7 Å². The normalized spacial score (nSPS) is 10.8. The summed E-state index contributed by atoms with van der Waals surface area (Å²) in [6, 6.07) is 13.4. The molecular weight excluding hydrogens is 316 g/mol. The van der Waals surface area contributed by atoms with Crippen LogP contribution in [0.5, 0.6) is 0 Å². The van der Waals surface area contributed by atoms with Gasteiger partial charge in [-0.05, 0) is 37.7 Å². The fraction of sp³-hybridized carbons (Fsp3) is 0.211. The second-order valence-electron chi connectivity index (χ2n) is 5.95. The van der Waals surface area contributed by atoms with E-state index in [0.29, 0.717) is 18.3 Å². The number of carbonyl (C=O) groups excluding carboxylic acids is 1. The van der Waals surface area contributed by atoms with E-state index in [1.165, 1.54) is 0 Å². The number of nitrogens with one attached hydrogen (secondary N) is 1. The van der Waals surface area contributed by atoms with Gasteiger partial charge in [0.1, 0.15) is 12.1 Å². The van der Waals surface area contributed by atoms with Gasteiger partial charge >= 0.3 is 0 Å². The first-order valence-corrected chi connectivity index (χ1v) is 8.01. The van der Waals surface area contributed by atoms with Crippen LogP contribution in [0.15, 0.2) is 59.3 Å². The summed E-state index contributed by atoms with van der Waals surface area (Å²) in [6.07, 6.45) is 3.35. The van der Waals surface area contributed by atoms with E-state index >= 15 is 0 Å². The summed E-state index contributed by atoms with van der Waals surface area (Å²) < 4.78 is 5.52. The van der Waals surface area contributed by atoms with Crippen molar-refractivity contribution < 1.29 is 9.21 Å². The van der Waals surface area contributed by atoms with E-state index in [9.17, 15) is 4.79 Å². The van der Waals surface area contributed by atoms with Crippen LogP contribution in [0.25, 0.3) is 11.5 Å². The van der Waals surface area contributed by atoms with Crippen LogP contribution in [-0.2, 0) is 11.3 Å². The molecule has 0 saturated carbocycles. The number of pyridine rings is 1. The number of aryl methyl sites for hydroxylation is 1. The van der Waals surface area contributed by atoms with Crippen molar-refractivity contribution in [1.29, 1.82) is 0 Å². The van der Waals surface area contributed by atoms with Crippen molar-refractivity contribution in [3.8, 4) is 11.5 Å². The van der Waals surface area contributed by atoms with Gasteiger partial charge in [-0.15, -0.1) is 0 Å². The van der Waals surface area contributed by atoms with Gasteiger partial charge in [0, 0.05) is 18.3 Å². The molecule has 1 N–H and O–H groups in total. The molecule has 0 bridgehead atoms. The smallest absolute Gasteiger partial charge is 0.239 e. The summed E-state index contributed by atoms with van der Waals surface area (Å²) in [5.41, 5.74) is 2.76. The van der Waals surface area contributed by atoms with E-state index in [2.05, 4.69) is 15.3 Å². The monoisotopic (exact) mass is 336 g/mol. The first kappa shape index (κ1) is 16.9. The lowest BCUT2D eigenvalue weighted by Crippen LogP contribution is -2.30. The van der Waals surface area contributed by atoms with Crippen molar-refractivity contribution in [2.75, 3.05) is 18.9 Å². The molecule has 2 heterocycles. The molecule has 3 rings (SSSR count). The molecule has 0 fully saturated rings. The summed E-state index contributed by atoms with van der Waals surface area (Å²) in [5.74, 6) is 1.01. The zero-order valence-electron chi connectivity index (χ0n) is 14.3. The highest BCUT2D eigenvalue weighted by Crippen LogP contribution is 2.18. The molecule has 0 saturated heterocycles. The number of hydrogen-bond donors (Lipinski definition) is 1. The van der Waals surface area contributed by atoms with Crippen molar-refractivity contribution in [3.05, 3.63) is 66.2 Å². The highest BCUT2D eigenvalue weighted by Gasteiger charge is 2.11. The molecule has 1 amide bonds. The summed E-state index contributed by atoms with van der Waals surface area (Å²) in [4.78, 5) is 22.6. The maximum atomic E-state index is 12.1. The molecular formula is C19H20N4O2. The molecule has 1 aromatic carbocycles. The topological polar surface area (TPSA) is 71.3 Å². The number of anilines is 1. The van der Waals surface area contributed by atoms with Crippen LogP contribution in [0.2, 0.25) is 0 Å². The number of carbonyl (C=O) groups is 1. The standard InChI is InChI=1S/C19H20N4O2/c1-14-8-9-17(20-10-14)22-18(24)12-23(2)11-16-13-25-19(21-16)15-6-4-3-5-7-15/h3-10,13H,11-12H2,1-2H3,(H,20,22,24). The molecule has 0 spiro atoms. The number of aromatic nitrogens is 2. The van der Waals surface area contributed by atoms with Crippen molar-refractivity contribution in [2.45, 2.75) is 13.5 Å². The van der Waals surface area contributed by atoms with E-state index in [1.807, 2.05) is 55.3 Å². The zero-order valence-corrected chi connectivity index (χ0v) is 14.3. The van der Waals surface area contributed by atoms with E-state index in [0.717, 1.165) is 16.8 Å². The van der Waals surface area contributed by atoms with Crippen LogP contribution in [-0.4, -0.2) is 34.4 Å². The Morgan fingerprint density at radius 1 is 1.20 bits per heavy atom. The van der Waals surface area contributed by atoms with E-state index in [4.69, 9.17) is 4.42 Å². The Bertz CT molecular complexity index is 828. The zero-order chi connectivity index (χ0) is 17.6. The van der Waals surface area contributed by atoms with Gasteiger partial charge in [0.15, 0.2) is 0 Å². The Kier molecular flexibility index (Phi) is 5.20. The van der Waals surface area contributed by atoms with Crippen LogP contribution >= 0.6 is 0 Å². The molecule has 0 aliphatic heterocycles. The third-order valence-electron chi connectivity index (χ3n) is 3.60. The van der Waals surface area contributed by atoms with Gasteiger partial charge in [0.2, 0.25) is 11.8 Å². The molecule has 25 heavy (non-hydrogen) atoms. The molecule has 0 radical (unpaired) electrons. The van der Waals surface area contributed by atoms with Crippen molar-refractivity contribution in [2.24, 2.45) is 0 Å². The van der Waals surface area contributed by atoms with Gasteiger partial charge in [0.25, 0.3) is 0 Å². The molecule has 3 aromatic rings. The molecule has 0 unspecified atom stereocenters. The molecule has 128 valence electrons. The van der Waals surface area contributed by atoms with Crippen molar-refractivity contribution in [1.82, 2.24) is 14.9 Å². The van der Waals surface area contributed by atoms with Gasteiger partial charge in [0.05, 0.1) is 12.2 Å². The third-order valence-corrected chi connectivity index (χ3v) is 3.60. The number of likely N-dealkylation sites (N-methyl/N-ethyl adjacent to an activating group) is 1. The first-order chi connectivity index (χ1) is 12.1. The van der Waals surface area contributed by atoms with Gasteiger partial charge < -0.3 is 9.73 Å². The maximum Gasteiger partial charge on any atom is 0.239 e. The summed E-state index contributed by atoms with van der Waals surface area (Å²) in [6.45, 7) is 2.71. The summed E-state index contributed by atoms with van der Waals surface area (Å²) >= 11 is 0. The van der Waals surface area contributed by atoms with Crippen molar-refractivity contribution in [3.63, 3.8) is 0 Å². The first-order valence-electron chi connectivity index (χ1n) is 8.01. The number of hydrogen-bond acceptors (Lipinski definition) is 5. The van der Waals surface area contributed by atoms with Crippen LogP contribution in [0, 0.1) is 6.92 Å². The Morgan fingerprint density at radius 3 is 2.72 bits per heavy atom. The summed E-state index contributed by atoms with van der Waals surface area (Å²) in [5, 5.41) is 2.78. The highest BCUT2D eigenvalue weighted by molar-refractivity contribution is 5.91. The highest BCUT2D eigenvalue weighted by atomic mass is 16.3. The Hall–Kier alpha value is -2.99. The largest absolute Gasteiger partial charge is 0.444 e. The average molecular weight is 336 g/mol. The Labute approximate surface area is 146 Å². The number of rotatable bonds is 6. The number of nitrogens with zero attached hydrogens (tertiary/aromatic N) is 3. The minimum atomic E-state index is -0.120. The van der Waals surface area contributed by atoms with Gasteiger partial charge in [-0.2, -0.15) is 0 Å². The molecule has 0 aliphatic carbocycles. The Morgan fingerprint density at radius 2 is 2.00 bits per heavy atom. The minimum Gasteiger partial charge on any atom is -0.444 e. The van der Waals surface area contributed by atoms with Crippen LogP contribution in [0.4, 0.5) is 5.82 Å². The maximum absolute atomic E-state index is 12.1. The van der Waals surface area contributed by atoms with E-state index in [1.54, 1.807) is 18.5 Å². The molecule has 0 aliphatic rings. The molecule has 0 atom stereocenters. The van der Waals surface area contributed by atoms with Crippen LogP contribution in [0.3, 0.4) is 0 Å². The SMILES string of the molecule is Cc1ccc(NC(=O)CN(C)Cc2coc(-c3ccccc3)n2)nc1. The molecule has 2 aromatic heterocycles. The predicted molar refractivity (Wildman–Crippen MR) is 95.9 cm³/mol. The number of oxazole rings is 1. The molecule has 6 heteroatoms. The lowest BCUT2D eigenvalue weighted by molar-refractivity contribution is -0.117. The van der Waals surface area contributed by atoms with Gasteiger partial charge in [-0.3, -0.25) is 9.69 Å². The third kappa shape index (κ3) is 4.74. The second-order valence-corrected chi connectivity index (χ2v) is 5.95. The lowest BCUT2D eigenvalue weighted by Gasteiger charge is -2.14. The number of benzene rings is 1. The average Bonchev–Trinajstić information content (AvgIpc) is 3.06. The fourth-order valence-electron chi connectivity index (χ4n) is 2.39. The fourth-order valence-corrected chi connectivity index (χ4v) is 2.39. The Balaban J connectivity index is 1.54. The number of amides is 1. The van der Waals surface area contributed by atoms with Crippen LogP contribution in [0.1, 0.15) is 11.3 Å². The van der Waals surface area contributed by atoms with E-state index in [-0.39, 0.29) is 12.5 Å². The quantitative estimate of drug-likeness (QED) is 0.749. The van der Waals surface area contributed by atoms with Crippen LogP contribution < -0.4 is 5.32 Å². The van der Waals surface area contributed by atoms with E-state index < -0.39 is 0 Å². The van der Waals surface area contributed by atoms with Gasteiger partial charge in [-0.1, -0.05) is 24.3 Å².